The molecule has 0 unspecified atom stereocenters. The molecule has 0 N–H and O–H groups in total. The molecule has 0 aliphatic carbocycles. The summed E-state index contributed by atoms with van der Waals surface area (Å²) in [5.74, 6) is 0.134. The molecule has 0 aliphatic rings. The summed E-state index contributed by atoms with van der Waals surface area (Å²) in [6.07, 6.45) is 4.18. The predicted octanol–water partition coefficient (Wildman–Crippen LogP) is 2.45. The Kier molecular flexibility index (Phi) is 9.59. The van der Waals surface area contributed by atoms with Crippen molar-refractivity contribution in [2.45, 2.75) is 46.5 Å². The Labute approximate surface area is 93.8 Å². The highest BCUT2D eigenvalue weighted by Crippen LogP contribution is 1.97. The SMILES string of the molecule is CCCCOCC(=O)N(CCC)CCC. The van der Waals surface area contributed by atoms with E-state index in [1.165, 1.54) is 0 Å². The molecule has 0 fully saturated rings. The third-order valence-corrected chi connectivity index (χ3v) is 2.21. The maximum Gasteiger partial charge on any atom is 0.248 e. The van der Waals surface area contributed by atoms with Gasteiger partial charge >= 0.3 is 0 Å². The van der Waals surface area contributed by atoms with Crippen LogP contribution in [0.4, 0.5) is 0 Å². The number of carbonyl (C=O) groups excluding carboxylic acids is 1. The summed E-state index contributed by atoms with van der Waals surface area (Å²) in [5, 5.41) is 0. The van der Waals surface area contributed by atoms with Crippen molar-refractivity contribution in [2.75, 3.05) is 26.3 Å². The van der Waals surface area contributed by atoms with Crippen LogP contribution in [0.1, 0.15) is 46.5 Å². The third-order valence-electron chi connectivity index (χ3n) is 2.21. The minimum absolute atomic E-state index is 0.134. The second kappa shape index (κ2) is 9.97. The molecule has 0 atom stereocenters. The Hall–Kier alpha value is -0.570. The molecule has 0 aromatic carbocycles. The van der Waals surface area contributed by atoms with Gasteiger partial charge in [0.15, 0.2) is 0 Å². The minimum Gasteiger partial charge on any atom is -0.372 e. The van der Waals surface area contributed by atoms with E-state index in [1.54, 1.807) is 0 Å². The molecular formula is C12H25NO2. The van der Waals surface area contributed by atoms with E-state index < -0.39 is 0 Å². The molecule has 0 radical (unpaired) electrons. The molecule has 0 bridgehead atoms. The van der Waals surface area contributed by atoms with E-state index >= 15 is 0 Å². The standard InChI is InChI=1S/C12H25NO2/c1-4-7-10-15-11-12(14)13(8-5-2)9-6-3/h4-11H2,1-3H3. The summed E-state index contributed by atoms with van der Waals surface area (Å²) < 4.78 is 5.32. The Morgan fingerprint density at radius 2 is 1.67 bits per heavy atom. The quantitative estimate of drug-likeness (QED) is 0.553. The number of nitrogens with zero attached hydrogens (tertiary/aromatic N) is 1. The van der Waals surface area contributed by atoms with Gasteiger partial charge in [0.2, 0.25) is 5.91 Å². The molecule has 0 saturated heterocycles. The largest absolute Gasteiger partial charge is 0.372 e. The lowest BCUT2D eigenvalue weighted by Gasteiger charge is -2.21. The minimum atomic E-state index is 0.134. The molecule has 0 saturated carbocycles. The first kappa shape index (κ1) is 14.4. The van der Waals surface area contributed by atoms with Crippen LogP contribution in [0.5, 0.6) is 0 Å². The molecule has 15 heavy (non-hydrogen) atoms. The monoisotopic (exact) mass is 215 g/mol. The lowest BCUT2D eigenvalue weighted by Crippen LogP contribution is -2.35. The zero-order valence-electron chi connectivity index (χ0n) is 10.4. The molecule has 3 nitrogen and oxygen atoms in total. The number of ether oxygens (including phenoxy) is 1. The van der Waals surface area contributed by atoms with Crippen LogP contribution in [0.15, 0.2) is 0 Å². The van der Waals surface area contributed by atoms with Crippen molar-refractivity contribution in [2.24, 2.45) is 0 Å². The lowest BCUT2D eigenvalue weighted by atomic mass is 10.3. The molecule has 90 valence electrons. The first-order chi connectivity index (χ1) is 7.26. The van der Waals surface area contributed by atoms with Crippen LogP contribution in [0.3, 0.4) is 0 Å². The lowest BCUT2D eigenvalue weighted by molar-refractivity contribution is -0.136. The zero-order valence-corrected chi connectivity index (χ0v) is 10.4. The first-order valence-corrected chi connectivity index (χ1v) is 6.11. The fourth-order valence-corrected chi connectivity index (χ4v) is 1.40. The summed E-state index contributed by atoms with van der Waals surface area (Å²) in [7, 11) is 0. The van der Waals surface area contributed by atoms with Crippen LogP contribution in [0, 0.1) is 0 Å². The van der Waals surface area contributed by atoms with Gasteiger partial charge in [0.25, 0.3) is 0 Å². The number of unbranched alkanes of at least 4 members (excludes halogenated alkanes) is 1. The van der Waals surface area contributed by atoms with E-state index in [4.69, 9.17) is 4.74 Å². The highest BCUT2D eigenvalue weighted by Gasteiger charge is 2.10. The zero-order chi connectivity index (χ0) is 11.5. The molecule has 0 spiro atoms. The van der Waals surface area contributed by atoms with Gasteiger partial charge in [-0.2, -0.15) is 0 Å². The summed E-state index contributed by atoms with van der Waals surface area (Å²) in [4.78, 5) is 13.6. The number of hydrogen-bond acceptors (Lipinski definition) is 2. The highest BCUT2D eigenvalue weighted by molar-refractivity contribution is 5.77. The van der Waals surface area contributed by atoms with Crippen molar-refractivity contribution in [3.05, 3.63) is 0 Å². The predicted molar refractivity (Wildman–Crippen MR) is 62.9 cm³/mol. The molecule has 0 heterocycles. The van der Waals surface area contributed by atoms with E-state index in [0.717, 1.165) is 38.8 Å². The Bertz CT molecular complexity index is 154. The number of hydrogen-bond donors (Lipinski definition) is 0. The Morgan fingerprint density at radius 3 is 2.13 bits per heavy atom. The van der Waals surface area contributed by atoms with Crippen molar-refractivity contribution >= 4 is 5.91 Å². The van der Waals surface area contributed by atoms with E-state index in [-0.39, 0.29) is 12.5 Å². The maximum absolute atomic E-state index is 11.7. The normalized spacial score (nSPS) is 10.3. The molecule has 1 amide bonds. The van der Waals surface area contributed by atoms with Crippen molar-refractivity contribution in [3.63, 3.8) is 0 Å². The van der Waals surface area contributed by atoms with Gasteiger partial charge in [-0.15, -0.1) is 0 Å². The molecule has 0 rings (SSSR count). The molecule has 0 aromatic heterocycles. The van der Waals surface area contributed by atoms with Crippen LogP contribution in [0.25, 0.3) is 0 Å². The van der Waals surface area contributed by atoms with Gasteiger partial charge in [-0.05, 0) is 19.3 Å². The van der Waals surface area contributed by atoms with E-state index in [2.05, 4.69) is 20.8 Å². The van der Waals surface area contributed by atoms with E-state index in [0.29, 0.717) is 6.61 Å². The van der Waals surface area contributed by atoms with Crippen molar-refractivity contribution in [3.8, 4) is 0 Å². The van der Waals surface area contributed by atoms with Crippen molar-refractivity contribution in [1.82, 2.24) is 4.90 Å². The van der Waals surface area contributed by atoms with Gasteiger partial charge < -0.3 is 9.64 Å². The fraction of sp³-hybridized carbons (Fsp3) is 0.917. The second-order valence-electron chi connectivity index (χ2n) is 3.79. The van der Waals surface area contributed by atoms with Gasteiger partial charge in [0, 0.05) is 19.7 Å². The molecule has 0 aliphatic heterocycles. The van der Waals surface area contributed by atoms with Gasteiger partial charge in [-0.25, -0.2) is 0 Å². The average molecular weight is 215 g/mol. The first-order valence-electron chi connectivity index (χ1n) is 6.11. The summed E-state index contributed by atoms with van der Waals surface area (Å²) >= 11 is 0. The van der Waals surface area contributed by atoms with Gasteiger partial charge in [-0.1, -0.05) is 27.2 Å². The molecule has 0 aromatic rings. The van der Waals surface area contributed by atoms with Crippen molar-refractivity contribution in [1.29, 1.82) is 0 Å². The Balaban J connectivity index is 3.70. The third kappa shape index (κ3) is 7.37. The van der Waals surface area contributed by atoms with Crippen LogP contribution in [-0.4, -0.2) is 37.1 Å². The number of rotatable bonds is 9. The fourth-order valence-electron chi connectivity index (χ4n) is 1.40. The summed E-state index contributed by atoms with van der Waals surface area (Å²) in [6.45, 7) is 8.95. The highest BCUT2D eigenvalue weighted by atomic mass is 16.5. The topological polar surface area (TPSA) is 29.5 Å². The van der Waals surface area contributed by atoms with Crippen LogP contribution in [-0.2, 0) is 9.53 Å². The van der Waals surface area contributed by atoms with Gasteiger partial charge in [-0.3, -0.25) is 4.79 Å². The smallest absolute Gasteiger partial charge is 0.248 e. The van der Waals surface area contributed by atoms with Crippen LogP contribution in [0.2, 0.25) is 0 Å². The number of amides is 1. The van der Waals surface area contributed by atoms with Gasteiger partial charge in [0.1, 0.15) is 6.61 Å². The van der Waals surface area contributed by atoms with Crippen LogP contribution >= 0.6 is 0 Å². The second-order valence-corrected chi connectivity index (χ2v) is 3.79. The Morgan fingerprint density at radius 1 is 1.07 bits per heavy atom. The van der Waals surface area contributed by atoms with Gasteiger partial charge in [0.05, 0.1) is 0 Å². The maximum atomic E-state index is 11.7. The number of carbonyl (C=O) groups is 1. The van der Waals surface area contributed by atoms with Crippen molar-refractivity contribution < 1.29 is 9.53 Å². The van der Waals surface area contributed by atoms with E-state index in [1.807, 2.05) is 4.90 Å². The summed E-state index contributed by atoms with van der Waals surface area (Å²) in [5.41, 5.74) is 0. The average Bonchev–Trinajstić information content (AvgIpc) is 2.24. The summed E-state index contributed by atoms with van der Waals surface area (Å²) in [6, 6.07) is 0. The molecular weight excluding hydrogens is 190 g/mol. The van der Waals surface area contributed by atoms with E-state index in [9.17, 15) is 4.79 Å². The van der Waals surface area contributed by atoms with Crippen LogP contribution < -0.4 is 0 Å². The molecule has 3 heteroatoms.